The SMILES string of the molecule is [Pt+4].[c-]1c2cccc1C(Cc1ccccn1)[N-]c1ccccc1-c1[c-]c(ccc1)C(Cc1ccccn1)[N-]c1ccccc1-2. The van der Waals surface area contributed by atoms with Crippen molar-refractivity contribution in [3.05, 3.63) is 179 Å². The third-order valence-corrected chi connectivity index (χ3v) is 7.59. The Morgan fingerprint density at radius 3 is 1.37 bits per heavy atom. The molecule has 5 heteroatoms. The van der Waals surface area contributed by atoms with E-state index < -0.39 is 0 Å². The van der Waals surface area contributed by atoms with Crippen molar-refractivity contribution in [3.63, 3.8) is 0 Å². The Balaban J connectivity index is 0.00000329. The molecule has 1 aliphatic heterocycles. The van der Waals surface area contributed by atoms with Gasteiger partial charge in [0.1, 0.15) is 0 Å². The topological polar surface area (TPSA) is 54.0 Å². The number of fused-ring (bicyclic) bond motifs is 8. The summed E-state index contributed by atoms with van der Waals surface area (Å²) in [4.78, 5) is 9.25. The first-order chi connectivity index (χ1) is 20.8. The Bertz CT molecular complexity index is 1670. The molecule has 0 saturated heterocycles. The molecule has 4 nitrogen and oxygen atoms in total. The second-order valence-electron chi connectivity index (χ2n) is 10.4. The van der Waals surface area contributed by atoms with Gasteiger partial charge in [0.2, 0.25) is 0 Å². The normalized spacial score (nSPS) is 15.3. The maximum Gasteiger partial charge on any atom is 4.00 e. The summed E-state index contributed by atoms with van der Waals surface area (Å²) in [5.74, 6) is 0. The maximum atomic E-state index is 5.37. The zero-order valence-electron chi connectivity index (χ0n) is 23.4. The molecule has 210 valence electrons. The van der Waals surface area contributed by atoms with Crippen LogP contribution in [0.1, 0.15) is 34.6 Å². The largest absolute Gasteiger partial charge is 4.00 e. The van der Waals surface area contributed by atoms with Crippen LogP contribution in [-0.2, 0) is 33.9 Å². The molecule has 7 rings (SSSR count). The van der Waals surface area contributed by atoms with Crippen molar-refractivity contribution in [2.24, 2.45) is 0 Å². The molecule has 0 N–H and O–H groups in total. The smallest absolute Gasteiger partial charge is 0.687 e. The Hall–Kier alpha value is -4.53. The molecule has 43 heavy (non-hydrogen) atoms. The van der Waals surface area contributed by atoms with Crippen molar-refractivity contribution in [1.29, 1.82) is 0 Å². The van der Waals surface area contributed by atoms with Crippen molar-refractivity contribution >= 4 is 11.4 Å². The Morgan fingerprint density at radius 2 is 0.930 bits per heavy atom. The molecule has 0 saturated carbocycles. The second-order valence-corrected chi connectivity index (χ2v) is 10.4. The van der Waals surface area contributed by atoms with Crippen LogP contribution in [-0.4, -0.2) is 9.97 Å². The van der Waals surface area contributed by atoms with Crippen molar-refractivity contribution in [2.45, 2.75) is 24.9 Å². The van der Waals surface area contributed by atoms with Crippen LogP contribution in [0.2, 0.25) is 0 Å². The summed E-state index contributed by atoms with van der Waals surface area (Å²) in [6.07, 6.45) is 5.01. The molecular weight excluding hydrogens is 708 g/mol. The zero-order chi connectivity index (χ0) is 28.1. The fraction of sp³-hybridized carbons (Fsp3) is 0.105. The summed E-state index contributed by atoms with van der Waals surface area (Å²) < 4.78 is 0. The van der Waals surface area contributed by atoms with Gasteiger partial charge in [-0.05, 0) is 37.1 Å². The number of hydrogen-bond acceptors (Lipinski definition) is 2. The van der Waals surface area contributed by atoms with Gasteiger partial charge in [-0.2, -0.15) is 11.4 Å². The molecule has 2 aromatic heterocycles. The molecular formula is C38H28N4Pt. The van der Waals surface area contributed by atoms with Crippen LogP contribution >= 0.6 is 0 Å². The molecule has 0 amide bonds. The van der Waals surface area contributed by atoms with Crippen LogP contribution in [0.25, 0.3) is 32.9 Å². The van der Waals surface area contributed by atoms with E-state index in [4.69, 9.17) is 10.6 Å². The first-order valence-electron chi connectivity index (χ1n) is 14.2. The van der Waals surface area contributed by atoms with E-state index in [-0.39, 0.29) is 33.1 Å². The molecule has 4 aromatic carbocycles. The number of hydrogen-bond donors (Lipinski definition) is 0. The number of para-hydroxylation sites is 2. The average molecular weight is 736 g/mol. The molecule has 0 aliphatic carbocycles. The molecule has 1 aliphatic rings. The van der Waals surface area contributed by atoms with Gasteiger partial charge in [-0.15, -0.1) is 94.0 Å². The fourth-order valence-electron chi connectivity index (χ4n) is 5.52. The van der Waals surface area contributed by atoms with E-state index in [2.05, 4.69) is 107 Å². The fourth-order valence-corrected chi connectivity index (χ4v) is 5.52. The Labute approximate surface area is 267 Å². The molecule has 0 spiro atoms. The number of rotatable bonds is 4. The molecule has 0 fully saturated rings. The van der Waals surface area contributed by atoms with E-state index in [0.717, 1.165) is 56.1 Å². The first-order valence-corrected chi connectivity index (χ1v) is 14.2. The van der Waals surface area contributed by atoms with E-state index in [1.165, 1.54) is 0 Å². The van der Waals surface area contributed by atoms with Crippen molar-refractivity contribution < 1.29 is 21.1 Å². The Morgan fingerprint density at radius 1 is 0.488 bits per heavy atom. The van der Waals surface area contributed by atoms with Gasteiger partial charge in [-0.25, -0.2) is 0 Å². The summed E-state index contributed by atoms with van der Waals surface area (Å²) in [5, 5.41) is 10.7. The van der Waals surface area contributed by atoms with Crippen LogP contribution in [0.5, 0.6) is 0 Å². The quantitative estimate of drug-likeness (QED) is 0.169. The molecule has 2 unspecified atom stereocenters. The predicted octanol–water partition coefficient (Wildman–Crippen LogP) is 9.70. The molecule has 4 bridgehead atoms. The number of pyridine rings is 2. The summed E-state index contributed by atoms with van der Waals surface area (Å²) in [5.41, 5.74) is 9.91. The van der Waals surface area contributed by atoms with Crippen molar-refractivity contribution in [1.82, 2.24) is 9.97 Å². The standard InChI is InChI=1S/C38H28N4.Pt/c1-3-19-35-33(17-1)27-11-9-13-29(23-27)38(26-32-16-6-8-22-40-32)42-36-20-4-2-18-34(36)28-12-10-14-30(24-28)37(41-35)25-31-15-5-7-21-39-31;/h1-22,37-38H,25-26H2;/q-4;+4. The molecule has 6 aromatic rings. The average Bonchev–Trinajstić information content (AvgIpc) is 3.05. The minimum absolute atomic E-state index is 0. The van der Waals surface area contributed by atoms with E-state index >= 15 is 0 Å². The van der Waals surface area contributed by atoms with Gasteiger partial charge in [0.05, 0.1) is 0 Å². The summed E-state index contributed by atoms with van der Waals surface area (Å²) in [7, 11) is 0. The van der Waals surface area contributed by atoms with E-state index in [9.17, 15) is 0 Å². The number of benzene rings is 4. The predicted molar refractivity (Wildman–Crippen MR) is 169 cm³/mol. The van der Waals surface area contributed by atoms with E-state index in [1.54, 1.807) is 0 Å². The molecule has 2 atom stereocenters. The van der Waals surface area contributed by atoms with Crippen LogP contribution in [0, 0.1) is 12.1 Å². The third-order valence-electron chi connectivity index (χ3n) is 7.59. The van der Waals surface area contributed by atoms with Crippen molar-refractivity contribution in [3.8, 4) is 22.3 Å². The third kappa shape index (κ3) is 6.45. The van der Waals surface area contributed by atoms with Gasteiger partial charge in [-0.3, -0.25) is 9.97 Å². The summed E-state index contributed by atoms with van der Waals surface area (Å²) in [6.45, 7) is 0. The van der Waals surface area contributed by atoms with E-state index in [0.29, 0.717) is 12.8 Å². The molecule has 3 heterocycles. The maximum absolute atomic E-state index is 5.37. The van der Waals surface area contributed by atoms with Crippen molar-refractivity contribution in [2.75, 3.05) is 0 Å². The van der Waals surface area contributed by atoms with Gasteiger partial charge in [0.25, 0.3) is 0 Å². The molecule has 0 radical (unpaired) electrons. The number of aromatic nitrogens is 2. The summed E-state index contributed by atoms with van der Waals surface area (Å²) >= 11 is 0. The first kappa shape index (κ1) is 28.6. The van der Waals surface area contributed by atoms with Gasteiger partial charge in [0, 0.05) is 23.8 Å². The van der Waals surface area contributed by atoms with Gasteiger partial charge >= 0.3 is 21.1 Å². The van der Waals surface area contributed by atoms with Gasteiger partial charge in [0.15, 0.2) is 0 Å². The second kappa shape index (κ2) is 13.2. The zero-order valence-corrected chi connectivity index (χ0v) is 25.6. The number of nitrogens with zero attached hydrogens (tertiary/aromatic N) is 4. The Kier molecular flexibility index (Phi) is 8.77. The minimum Gasteiger partial charge on any atom is -0.687 e. The van der Waals surface area contributed by atoms with Gasteiger partial charge < -0.3 is 10.6 Å². The minimum atomic E-state index is -0.173. The van der Waals surface area contributed by atoms with E-state index in [1.807, 2.05) is 48.8 Å². The van der Waals surface area contributed by atoms with Crippen LogP contribution in [0.3, 0.4) is 0 Å². The summed E-state index contributed by atoms with van der Waals surface area (Å²) in [6, 6.07) is 48.4. The van der Waals surface area contributed by atoms with Gasteiger partial charge in [-0.1, -0.05) is 60.7 Å². The monoisotopic (exact) mass is 735 g/mol. The van der Waals surface area contributed by atoms with Crippen LogP contribution < -0.4 is 0 Å². The van der Waals surface area contributed by atoms with Crippen LogP contribution in [0.4, 0.5) is 11.4 Å². The van der Waals surface area contributed by atoms with Crippen LogP contribution in [0.15, 0.2) is 134 Å².